The summed E-state index contributed by atoms with van der Waals surface area (Å²) in [7, 11) is 0. The van der Waals surface area contributed by atoms with Gasteiger partial charge in [-0.1, -0.05) is 38.1 Å². The maximum Gasteiger partial charge on any atom is 0.261 e. The second-order valence-corrected chi connectivity index (χ2v) is 7.34. The molecule has 0 fully saturated rings. The number of carbonyl (C=O) groups is 2. The zero-order valence-electron chi connectivity index (χ0n) is 17.4. The van der Waals surface area contributed by atoms with Crippen molar-refractivity contribution >= 4 is 28.4 Å². The molecule has 0 bridgehead atoms. The Hall–Kier alpha value is -3.48. The van der Waals surface area contributed by atoms with E-state index in [0.717, 1.165) is 12.0 Å². The summed E-state index contributed by atoms with van der Waals surface area (Å²) in [6, 6.07) is 14.4. The first-order valence-corrected chi connectivity index (χ1v) is 10.0. The summed E-state index contributed by atoms with van der Waals surface area (Å²) >= 11 is 0. The molecule has 3 aromatic rings. The molecule has 2 aromatic carbocycles. The summed E-state index contributed by atoms with van der Waals surface area (Å²) in [6.07, 6.45) is 0.768. The number of hydrogen-bond acceptors (Lipinski definition) is 4. The molecule has 30 heavy (non-hydrogen) atoms. The number of nitrogens with one attached hydrogen (secondary N) is 2. The number of aromatic nitrogens is 2. The van der Waals surface area contributed by atoms with Crippen molar-refractivity contribution in [2.45, 2.75) is 40.3 Å². The van der Waals surface area contributed by atoms with Gasteiger partial charge in [0.1, 0.15) is 12.4 Å². The molecular formula is C23H26N4O3. The van der Waals surface area contributed by atoms with E-state index in [4.69, 9.17) is 0 Å². The van der Waals surface area contributed by atoms with E-state index in [1.165, 1.54) is 4.57 Å². The van der Waals surface area contributed by atoms with Gasteiger partial charge in [-0.3, -0.25) is 19.0 Å². The SMILES string of the molecule is CCC(C)C(=O)Nc1cccc(CNC(=O)Cn2c(C)nc3ccccc3c2=O)c1. The minimum absolute atomic E-state index is 0.0302. The first-order valence-electron chi connectivity index (χ1n) is 10.0. The third-order valence-corrected chi connectivity index (χ3v) is 5.10. The lowest BCUT2D eigenvalue weighted by molar-refractivity contribution is -0.122. The highest BCUT2D eigenvalue weighted by Gasteiger charge is 2.12. The largest absolute Gasteiger partial charge is 0.350 e. The van der Waals surface area contributed by atoms with Crippen molar-refractivity contribution in [3.63, 3.8) is 0 Å². The molecule has 0 aliphatic carbocycles. The van der Waals surface area contributed by atoms with E-state index in [0.29, 0.717) is 29.0 Å². The van der Waals surface area contributed by atoms with Crippen LogP contribution in [0.4, 0.5) is 5.69 Å². The molecule has 156 valence electrons. The molecule has 0 aliphatic heterocycles. The van der Waals surface area contributed by atoms with E-state index in [1.807, 2.05) is 44.2 Å². The number of amides is 2. The minimum Gasteiger partial charge on any atom is -0.350 e. The van der Waals surface area contributed by atoms with Gasteiger partial charge < -0.3 is 10.6 Å². The molecule has 0 aliphatic rings. The molecule has 7 heteroatoms. The molecule has 2 N–H and O–H groups in total. The zero-order chi connectivity index (χ0) is 21.7. The fraction of sp³-hybridized carbons (Fsp3) is 0.304. The van der Waals surface area contributed by atoms with Crippen molar-refractivity contribution < 1.29 is 9.59 Å². The normalized spacial score (nSPS) is 11.8. The van der Waals surface area contributed by atoms with Crippen molar-refractivity contribution in [2.24, 2.45) is 5.92 Å². The average Bonchev–Trinajstić information content (AvgIpc) is 2.74. The van der Waals surface area contributed by atoms with Crippen LogP contribution >= 0.6 is 0 Å². The van der Waals surface area contributed by atoms with Crippen molar-refractivity contribution in [1.82, 2.24) is 14.9 Å². The van der Waals surface area contributed by atoms with E-state index in [1.54, 1.807) is 25.1 Å². The Bertz CT molecular complexity index is 1140. The van der Waals surface area contributed by atoms with E-state index in [2.05, 4.69) is 15.6 Å². The number of benzene rings is 2. The van der Waals surface area contributed by atoms with Gasteiger partial charge >= 0.3 is 0 Å². The summed E-state index contributed by atoms with van der Waals surface area (Å²) < 4.78 is 1.38. The van der Waals surface area contributed by atoms with E-state index in [9.17, 15) is 14.4 Å². The predicted octanol–water partition coefficient (Wildman–Crippen LogP) is 3.01. The highest BCUT2D eigenvalue weighted by molar-refractivity contribution is 5.92. The topological polar surface area (TPSA) is 93.1 Å². The molecular weight excluding hydrogens is 380 g/mol. The second kappa shape index (κ2) is 9.35. The predicted molar refractivity (Wildman–Crippen MR) is 117 cm³/mol. The lowest BCUT2D eigenvalue weighted by atomic mass is 10.1. The third-order valence-electron chi connectivity index (χ3n) is 5.10. The van der Waals surface area contributed by atoms with Gasteiger partial charge in [-0.25, -0.2) is 4.98 Å². The first-order chi connectivity index (χ1) is 14.4. The molecule has 0 spiro atoms. The first kappa shape index (κ1) is 21.2. The maximum absolute atomic E-state index is 12.7. The van der Waals surface area contributed by atoms with Crippen LogP contribution in [-0.4, -0.2) is 21.4 Å². The number of aryl methyl sites for hydroxylation is 1. The Morgan fingerprint density at radius 2 is 1.90 bits per heavy atom. The maximum atomic E-state index is 12.7. The highest BCUT2D eigenvalue weighted by Crippen LogP contribution is 2.13. The van der Waals surface area contributed by atoms with Crippen molar-refractivity contribution in [3.05, 3.63) is 70.3 Å². The van der Waals surface area contributed by atoms with Crippen LogP contribution in [0.25, 0.3) is 10.9 Å². The summed E-state index contributed by atoms with van der Waals surface area (Å²) in [4.78, 5) is 41.6. The highest BCUT2D eigenvalue weighted by atomic mass is 16.2. The van der Waals surface area contributed by atoms with Crippen LogP contribution in [0, 0.1) is 12.8 Å². The number of carbonyl (C=O) groups excluding carboxylic acids is 2. The molecule has 1 unspecified atom stereocenters. The summed E-state index contributed by atoms with van der Waals surface area (Å²) in [5.41, 5.74) is 1.93. The Morgan fingerprint density at radius 1 is 1.13 bits per heavy atom. The Balaban J connectivity index is 1.66. The molecule has 0 radical (unpaired) electrons. The fourth-order valence-electron chi connectivity index (χ4n) is 3.08. The Kier molecular flexibility index (Phi) is 6.61. The van der Waals surface area contributed by atoms with Gasteiger partial charge in [0.05, 0.1) is 10.9 Å². The summed E-state index contributed by atoms with van der Waals surface area (Å²) in [5, 5.41) is 6.20. The van der Waals surface area contributed by atoms with Crippen LogP contribution in [0.15, 0.2) is 53.3 Å². The van der Waals surface area contributed by atoms with Gasteiger partial charge in [-0.2, -0.15) is 0 Å². The lowest BCUT2D eigenvalue weighted by Crippen LogP contribution is -2.33. The molecule has 2 amide bonds. The molecule has 1 heterocycles. The number of rotatable bonds is 7. The minimum atomic E-state index is -0.286. The van der Waals surface area contributed by atoms with E-state index >= 15 is 0 Å². The fourth-order valence-corrected chi connectivity index (χ4v) is 3.08. The molecule has 0 saturated heterocycles. The van der Waals surface area contributed by atoms with Crippen LogP contribution in [0.2, 0.25) is 0 Å². The van der Waals surface area contributed by atoms with Gasteiger partial charge in [0.25, 0.3) is 5.56 Å². The molecule has 7 nitrogen and oxygen atoms in total. The molecule has 0 saturated carbocycles. The van der Waals surface area contributed by atoms with E-state index < -0.39 is 0 Å². The van der Waals surface area contributed by atoms with Gasteiger partial charge in [-0.05, 0) is 43.2 Å². The van der Waals surface area contributed by atoms with Gasteiger partial charge in [0.15, 0.2) is 0 Å². The average molecular weight is 406 g/mol. The van der Waals surface area contributed by atoms with Gasteiger partial charge in [-0.15, -0.1) is 0 Å². The summed E-state index contributed by atoms with van der Waals surface area (Å²) in [5.74, 6) is 0.109. The number of nitrogens with zero attached hydrogens (tertiary/aromatic N) is 2. The van der Waals surface area contributed by atoms with Crippen LogP contribution in [-0.2, 0) is 22.7 Å². The molecule has 1 aromatic heterocycles. The smallest absolute Gasteiger partial charge is 0.261 e. The number of anilines is 1. The lowest BCUT2D eigenvalue weighted by Gasteiger charge is -2.13. The van der Waals surface area contributed by atoms with Gasteiger partial charge in [0.2, 0.25) is 11.8 Å². The van der Waals surface area contributed by atoms with E-state index in [-0.39, 0.29) is 29.8 Å². The quantitative estimate of drug-likeness (QED) is 0.631. The van der Waals surface area contributed by atoms with Crippen molar-refractivity contribution in [2.75, 3.05) is 5.32 Å². The Morgan fingerprint density at radius 3 is 2.67 bits per heavy atom. The van der Waals surface area contributed by atoms with Crippen molar-refractivity contribution in [1.29, 1.82) is 0 Å². The number of fused-ring (bicyclic) bond motifs is 1. The zero-order valence-corrected chi connectivity index (χ0v) is 17.4. The standard InChI is InChI=1S/C23H26N4O3/c1-4-15(2)22(29)26-18-9-7-8-17(12-18)13-24-21(28)14-27-16(3)25-20-11-6-5-10-19(20)23(27)30/h5-12,15H,4,13-14H2,1-3H3,(H,24,28)(H,26,29). The van der Waals surface area contributed by atoms with Crippen LogP contribution < -0.4 is 16.2 Å². The van der Waals surface area contributed by atoms with Crippen LogP contribution in [0.3, 0.4) is 0 Å². The molecule has 1 atom stereocenters. The van der Waals surface area contributed by atoms with Crippen molar-refractivity contribution in [3.8, 4) is 0 Å². The monoisotopic (exact) mass is 406 g/mol. The number of hydrogen-bond donors (Lipinski definition) is 2. The third kappa shape index (κ3) is 4.92. The second-order valence-electron chi connectivity index (χ2n) is 7.34. The van der Waals surface area contributed by atoms with Crippen LogP contribution in [0.1, 0.15) is 31.7 Å². The Labute approximate surface area is 175 Å². The van der Waals surface area contributed by atoms with Gasteiger partial charge in [0, 0.05) is 18.2 Å². The van der Waals surface area contributed by atoms with Crippen LogP contribution in [0.5, 0.6) is 0 Å². The number of para-hydroxylation sites is 1. The summed E-state index contributed by atoms with van der Waals surface area (Å²) in [6.45, 7) is 5.75. The molecule has 3 rings (SSSR count).